The summed E-state index contributed by atoms with van der Waals surface area (Å²) in [6.07, 6.45) is 17.3. The van der Waals surface area contributed by atoms with E-state index in [9.17, 15) is 9.59 Å². The summed E-state index contributed by atoms with van der Waals surface area (Å²) in [6, 6.07) is 0. The molecule has 29 heavy (non-hydrogen) atoms. The number of nitrogens with one attached hydrogen (secondary N) is 1. The van der Waals surface area contributed by atoms with Crippen molar-refractivity contribution < 1.29 is 19.8 Å². The zero-order chi connectivity index (χ0) is 20.9. The number of unbranched alkanes of at least 4 members (excludes halogenated alkanes) is 12. The van der Waals surface area contributed by atoms with Crippen molar-refractivity contribution in [3.05, 3.63) is 0 Å². The number of carbonyl (C=O) groups excluding carboxylic acids is 1. The van der Waals surface area contributed by atoms with Gasteiger partial charge in [-0.2, -0.15) is 0 Å². The number of rotatable bonds is 21. The fraction of sp³-hybridized carbons (Fsp3) is 0.909. The zero-order valence-corrected chi connectivity index (χ0v) is 18.1. The molecule has 0 bridgehead atoms. The van der Waals surface area contributed by atoms with Crippen LogP contribution in [0, 0.1) is 0 Å². The molecule has 0 unspecified atom stereocenters. The van der Waals surface area contributed by atoms with E-state index in [1.54, 1.807) is 4.90 Å². The number of carboxylic acid groups (broad SMARTS) is 1. The van der Waals surface area contributed by atoms with E-state index in [0.717, 1.165) is 12.8 Å². The molecule has 7 heteroatoms. The number of amides is 1. The van der Waals surface area contributed by atoms with Gasteiger partial charge in [0.25, 0.3) is 0 Å². The van der Waals surface area contributed by atoms with Gasteiger partial charge in [-0.3, -0.25) is 14.5 Å². The average molecular weight is 425 g/mol. The predicted octanol–water partition coefficient (Wildman–Crippen LogP) is 3.31. The number of carbonyl (C=O) groups is 2. The summed E-state index contributed by atoms with van der Waals surface area (Å²) in [5.74, 6) is -0.894. The molecule has 0 aliphatic rings. The first-order valence-corrected chi connectivity index (χ1v) is 11.4. The van der Waals surface area contributed by atoms with Crippen LogP contribution in [-0.4, -0.2) is 89.3 Å². The Morgan fingerprint density at radius 2 is 1.28 bits per heavy atom. The van der Waals surface area contributed by atoms with E-state index < -0.39 is 5.97 Å². The molecule has 0 atom stereocenters. The number of hydrogen-bond donors (Lipinski definition) is 3. The van der Waals surface area contributed by atoms with E-state index in [1.165, 1.54) is 70.6 Å². The second-order valence-corrected chi connectivity index (χ2v) is 7.74. The van der Waals surface area contributed by atoms with Crippen molar-refractivity contribution in [1.29, 1.82) is 0 Å². The third kappa shape index (κ3) is 24.0. The monoisotopic (exact) mass is 424 g/mol. The summed E-state index contributed by atoms with van der Waals surface area (Å²) in [6.45, 7) is 3.23. The van der Waals surface area contributed by atoms with Crippen molar-refractivity contribution in [1.82, 2.24) is 10.2 Å². The normalized spacial score (nSPS) is 10.7. The molecule has 1 amide bonds. The van der Waals surface area contributed by atoms with Gasteiger partial charge in [-0.25, -0.2) is 0 Å². The van der Waals surface area contributed by atoms with Crippen LogP contribution in [0.25, 0.3) is 0 Å². The number of aliphatic hydroxyl groups is 1. The summed E-state index contributed by atoms with van der Waals surface area (Å²) >= 11 is 0. The molecule has 168 valence electrons. The topological polar surface area (TPSA) is 89.9 Å². The molecule has 0 aromatic rings. The Kier molecular flexibility index (Phi) is 25.8. The van der Waals surface area contributed by atoms with Gasteiger partial charge in [0.1, 0.15) is 0 Å². The standard InChI is InChI=1S/C22H44N2O4.Na.H/c1-2-3-4-5-6-7-8-9-10-11-12-13-14-15-21(26)23-16-17-24(18-19-25)20-22(27)28;;/h25H,2-20H2,1H3,(H,23,26)(H,27,28);;. The van der Waals surface area contributed by atoms with Crippen molar-refractivity contribution in [2.45, 2.75) is 96.8 Å². The maximum absolute atomic E-state index is 11.8. The van der Waals surface area contributed by atoms with Crippen LogP contribution in [0.1, 0.15) is 96.8 Å². The Bertz CT molecular complexity index is 384. The predicted molar refractivity (Wildman–Crippen MR) is 122 cm³/mol. The molecule has 0 aromatic heterocycles. The molecule has 0 aliphatic heterocycles. The first-order valence-electron chi connectivity index (χ1n) is 11.4. The van der Waals surface area contributed by atoms with Crippen LogP contribution in [0.2, 0.25) is 0 Å². The van der Waals surface area contributed by atoms with Crippen molar-refractivity contribution in [2.75, 3.05) is 32.8 Å². The van der Waals surface area contributed by atoms with Crippen LogP contribution in [0.5, 0.6) is 0 Å². The number of carboxylic acids is 1. The minimum absolute atomic E-state index is 0. The quantitative estimate of drug-likeness (QED) is 0.194. The Morgan fingerprint density at radius 3 is 1.72 bits per heavy atom. The molecule has 0 heterocycles. The van der Waals surface area contributed by atoms with Gasteiger partial charge in [0.2, 0.25) is 5.91 Å². The third-order valence-electron chi connectivity index (χ3n) is 5.03. The van der Waals surface area contributed by atoms with Gasteiger partial charge in [-0.1, -0.05) is 84.0 Å². The molecule has 0 rings (SSSR count). The molecule has 3 N–H and O–H groups in total. The SMILES string of the molecule is CCCCCCCCCCCCCCCC(=O)NCCN(CCO)CC(=O)O.[NaH]. The van der Waals surface area contributed by atoms with E-state index in [0.29, 0.717) is 26.1 Å². The van der Waals surface area contributed by atoms with Gasteiger partial charge in [0.05, 0.1) is 13.2 Å². The number of hydrogen-bond acceptors (Lipinski definition) is 4. The van der Waals surface area contributed by atoms with Gasteiger partial charge < -0.3 is 15.5 Å². The van der Waals surface area contributed by atoms with Crippen LogP contribution in [0.3, 0.4) is 0 Å². The van der Waals surface area contributed by atoms with Gasteiger partial charge in [-0.05, 0) is 6.42 Å². The van der Waals surface area contributed by atoms with Gasteiger partial charge in [0, 0.05) is 26.1 Å². The van der Waals surface area contributed by atoms with Crippen LogP contribution >= 0.6 is 0 Å². The van der Waals surface area contributed by atoms with E-state index in [4.69, 9.17) is 10.2 Å². The molecule has 0 fully saturated rings. The Balaban J connectivity index is 0. The third-order valence-corrected chi connectivity index (χ3v) is 5.03. The molecule has 0 aliphatic carbocycles. The summed E-state index contributed by atoms with van der Waals surface area (Å²) in [4.78, 5) is 24.2. The molecular weight excluding hydrogens is 379 g/mol. The Labute approximate surface area is 200 Å². The van der Waals surface area contributed by atoms with E-state index >= 15 is 0 Å². The summed E-state index contributed by atoms with van der Waals surface area (Å²) in [5.41, 5.74) is 0. The van der Waals surface area contributed by atoms with Crippen molar-refractivity contribution >= 4 is 41.4 Å². The molecule has 6 nitrogen and oxygen atoms in total. The van der Waals surface area contributed by atoms with Crippen LogP contribution < -0.4 is 5.32 Å². The first kappa shape index (κ1) is 31.0. The van der Waals surface area contributed by atoms with Crippen LogP contribution in [0.15, 0.2) is 0 Å². The molecule has 0 spiro atoms. The van der Waals surface area contributed by atoms with E-state index in [-0.39, 0.29) is 48.6 Å². The van der Waals surface area contributed by atoms with Gasteiger partial charge >= 0.3 is 35.5 Å². The van der Waals surface area contributed by atoms with Gasteiger partial charge in [0.15, 0.2) is 0 Å². The minimum atomic E-state index is -0.924. The number of aliphatic carboxylic acids is 1. The van der Waals surface area contributed by atoms with E-state index in [2.05, 4.69) is 12.2 Å². The zero-order valence-electron chi connectivity index (χ0n) is 18.1. The molecule has 0 radical (unpaired) electrons. The Morgan fingerprint density at radius 1 is 0.793 bits per heavy atom. The average Bonchev–Trinajstić information content (AvgIpc) is 2.65. The fourth-order valence-electron chi connectivity index (χ4n) is 3.35. The second kappa shape index (κ2) is 24.1. The summed E-state index contributed by atoms with van der Waals surface area (Å²) < 4.78 is 0. The van der Waals surface area contributed by atoms with Crippen LogP contribution in [0.4, 0.5) is 0 Å². The fourth-order valence-corrected chi connectivity index (χ4v) is 3.35. The van der Waals surface area contributed by atoms with Crippen molar-refractivity contribution in [3.8, 4) is 0 Å². The van der Waals surface area contributed by atoms with Crippen molar-refractivity contribution in [2.24, 2.45) is 0 Å². The Hall–Kier alpha value is -0.140. The van der Waals surface area contributed by atoms with Crippen LogP contribution in [-0.2, 0) is 9.59 Å². The van der Waals surface area contributed by atoms with E-state index in [1.807, 2.05) is 0 Å². The number of nitrogens with zero attached hydrogens (tertiary/aromatic N) is 1. The molecular formula is C22H45N2NaO4. The molecule has 0 saturated heterocycles. The maximum atomic E-state index is 11.8. The summed E-state index contributed by atoms with van der Waals surface area (Å²) in [7, 11) is 0. The molecule has 0 saturated carbocycles. The second-order valence-electron chi connectivity index (χ2n) is 7.74. The number of aliphatic hydroxyl groups excluding tert-OH is 1. The van der Waals surface area contributed by atoms with Gasteiger partial charge in [-0.15, -0.1) is 0 Å². The van der Waals surface area contributed by atoms with Crippen molar-refractivity contribution in [3.63, 3.8) is 0 Å². The molecule has 0 aromatic carbocycles. The first-order chi connectivity index (χ1) is 13.6. The summed E-state index contributed by atoms with van der Waals surface area (Å²) in [5, 5.41) is 20.6.